The highest BCUT2D eigenvalue weighted by atomic mass is 16.5. The molecular weight excluding hydrogens is 394 g/mol. The summed E-state index contributed by atoms with van der Waals surface area (Å²) >= 11 is 0. The largest absolute Gasteiger partial charge is 0.496 e. The third-order valence-electron chi connectivity index (χ3n) is 5.82. The Morgan fingerprint density at radius 3 is 2.00 bits per heavy atom. The summed E-state index contributed by atoms with van der Waals surface area (Å²) in [5.74, 6) is 1.01. The number of aryl methyl sites for hydroxylation is 1. The minimum atomic E-state index is -0.324. The van der Waals surface area contributed by atoms with Crippen molar-refractivity contribution in [1.82, 2.24) is 4.90 Å². The number of carbonyl (C=O) groups is 2. The molecule has 0 aromatic heterocycles. The van der Waals surface area contributed by atoms with Gasteiger partial charge in [0.2, 0.25) is 0 Å². The van der Waals surface area contributed by atoms with Crippen LogP contribution in [0.15, 0.2) is 36.4 Å². The van der Waals surface area contributed by atoms with Crippen molar-refractivity contribution in [2.24, 2.45) is 0 Å². The number of fused-ring (bicyclic) bond motifs is 1. The fourth-order valence-corrected chi connectivity index (χ4v) is 4.18. The number of imide groups is 1. The monoisotopic (exact) mass is 425 g/mol. The molecule has 0 saturated carbocycles. The molecule has 31 heavy (non-hydrogen) atoms. The fraction of sp³-hybridized carbons (Fsp3) is 0.440. The lowest BCUT2D eigenvalue weighted by Gasteiger charge is -2.24. The van der Waals surface area contributed by atoms with Crippen LogP contribution in [-0.2, 0) is 12.8 Å². The molecule has 0 radical (unpaired) electrons. The molecular formula is C25H31NO5. The summed E-state index contributed by atoms with van der Waals surface area (Å²) < 4.78 is 11.3. The van der Waals surface area contributed by atoms with Gasteiger partial charge in [0.15, 0.2) is 0 Å². The lowest BCUT2D eigenvalue weighted by Crippen LogP contribution is -2.39. The number of hydrogen-bond acceptors (Lipinski definition) is 5. The molecule has 6 nitrogen and oxygen atoms in total. The Morgan fingerprint density at radius 1 is 0.871 bits per heavy atom. The number of amides is 2. The highest BCUT2D eigenvalue weighted by molar-refractivity contribution is 6.21. The summed E-state index contributed by atoms with van der Waals surface area (Å²) in [5.41, 5.74) is 2.88. The van der Waals surface area contributed by atoms with E-state index in [0.717, 1.165) is 54.7 Å². The number of benzene rings is 2. The van der Waals surface area contributed by atoms with Crippen LogP contribution in [0.5, 0.6) is 11.5 Å². The average molecular weight is 426 g/mol. The Labute approximate surface area is 183 Å². The van der Waals surface area contributed by atoms with Gasteiger partial charge in [-0.15, -0.1) is 0 Å². The van der Waals surface area contributed by atoms with Gasteiger partial charge in [-0.1, -0.05) is 25.0 Å². The second-order valence-corrected chi connectivity index (χ2v) is 7.94. The van der Waals surface area contributed by atoms with E-state index in [1.165, 1.54) is 4.90 Å². The molecule has 3 rings (SSSR count). The number of carbonyl (C=O) groups excluding carboxylic acids is 2. The van der Waals surface area contributed by atoms with Crippen molar-refractivity contribution in [3.8, 4) is 11.5 Å². The number of aliphatic hydroxyl groups excluding tert-OH is 1. The van der Waals surface area contributed by atoms with Crippen LogP contribution < -0.4 is 9.47 Å². The van der Waals surface area contributed by atoms with Crippen molar-refractivity contribution in [3.05, 3.63) is 58.7 Å². The van der Waals surface area contributed by atoms with E-state index >= 15 is 0 Å². The molecule has 0 aliphatic carbocycles. The molecule has 2 amide bonds. The molecule has 1 N–H and O–H groups in total. The summed E-state index contributed by atoms with van der Waals surface area (Å²) in [5, 5.41) is 8.92. The normalized spacial score (nSPS) is 14.0. The molecule has 1 atom stereocenters. The van der Waals surface area contributed by atoms with E-state index in [1.54, 1.807) is 38.5 Å². The van der Waals surface area contributed by atoms with Gasteiger partial charge in [-0.05, 0) is 68.0 Å². The first-order valence-corrected chi connectivity index (χ1v) is 10.8. The molecule has 0 bridgehead atoms. The molecule has 1 aliphatic heterocycles. The van der Waals surface area contributed by atoms with Crippen LogP contribution in [-0.4, -0.2) is 48.7 Å². The van der Waals surface area contributed by atoms with Crippen molar-refractivity contribution in [2.75, 3.05) is 20.8 Å². The van der Waals surface area contributed by atoms with E-state index in [2.05, 4.69) is 0 Å². The topological polar surface area (TPSA) is 76.1 Å². The van der Waals surface area contributed by atoms with Gasteiger partial charge >= 0.3 is 0 Å². The summed E-state index contributed by atoms with van der Waals surface area (Å²) in [7, 11) is 3.28. The van der Waals surface area contributed by atoms with E-state index in [-0.39, 0.29) is 24.5 Å². The minimum absolute atomic E-state index is 0.233. The highest BCUT2D eigenvalue weighted by Gasteiger charge is 2.38. The zero-order valence-electron chi connectivity index (χ0n) is 18.5. The molecule has 1 heterocycles. The van der Waals surface area contributed by atoms with Gasteiger partial charge in [0, 0.05) is 12.6 Å². The zero-order chi connectivity index (χ0) is 22.4. The Kier molecular flexibility index (Phi) is 7.69. The Morgan fingerprint density at radius 2 is 1.42 bits per heavy atom. The van der Waals surface area contributed by atoms with Crippen molar-refractivity contribution in [1.29, 1.82) is 0 Å². The summed E-state index contributed by atoms with van der Waals surface area (Å²) in [6.07, 6.45) is 5.22. The number of nitrogens with zero attached hydrogens (tertiary/aromatic N) is 1. The smallest absolute Gasteiger partial charge is 0.261 e. The lowest BCUT2D eigenvalue weighted by atomic mass is 9.98. The second kappa shape index (κ2) is 10.4. The maximum atomic E-state index is 12.8. The molecule has 0 saturated heterocycles. The number of unbranched alkanes of at least 4 members (excludes halogenated alkanes) is 3. The Balaban J connectivity index is 1.76. The van der Waals surface area contributed by atoms with E-state index < -0.39 is 0 Å². The third-order valence-corrected chi connectivity index (χ3v) is 5.82. The molecule has 1 unspecified atom stereocenters. The van der Waals surface area contributed by atoms with Crippen LogP contribution in [0.2, 0.25) is 0 Å². The quantitative estimate of drug-likeness (QED) is 0.435. The van der Waals surface area contributed by atoms with Crippen LogP contribution >= 0.6 is 0 Å². The number of aliphatic hydroxyl groups is 1. The standard InChI is InChI=1S/C25H31NO5/c1-17(26-24(28)20-11-7-8-12-21(20)25(26)29)14-19-16-22(30-2)18(15-23(19)31-3)10-6-4-5-9-13-27/h7-8,11-12,15-17,27H,4-6,9-10,13-14H2,1-3H3. The van der Waals surface area contributed by atoms with Gasteiger partial charge < -0.3 is 14.6 Å². The number of hydrogen-bond donors (Lipinski definition) is 1. The summed E-state index contributed by atoms with van der Waals surface area (Å²) in [4.78, 5) is 26.9. The van der Waals surface area contributed by atoms with Crippen molar-refractivity contribution < 1.29 is 24.2 Å². The van der Waals surface area contributed by atoms with Crippen LogP contribution in [0.25, 0.3) is 0 Å². The summed E-state index contributed by atoms with van der Waals surface area (Å²) in [6.45, 7) is 2.11. The fourth-order valence-electron chi connectivity index (χ4n) is 4.18. The molecule has 2 aromatic rings. The van der Waals surface area contributed by atoms with E-state index in [4.69, 9.17) is 14.6 Å². The first-order chi connectivity index (χ1) is 15.0. The van der Waals surface area contributed by atoms with Crippen LogP contribution in [0.1, 0.15) is 64.4 Å². The SMILES string of the molecule is COc1cc(CC(C)N2C(=O)c3ccccc3C2=O)c(OC)cc1CCCCCCO. The number of methoxy groups -OCH3 is 2. The second-order valence-electron chi connectivity index (χ2n) is 7.94. The van der Waals surface area contributed by atoms with Crippen LogP contribution in [0.4, 0.5) is 0 Å². The van der Waals surface area contributed by atoms with Gasteiger partial charge in [0.1, 0.15) is 11.5 Å². The molecule has 6 heteroatoms. The molecule has 166 valence electrons. The molecule has 0 spiro atoms. The number of rotatable bonds is 11. The Bertz CT molecular complexity index is 905. The molecule has 2 aromatic carbocycles. The highest BCUT2D eigenvalue weighted by Crippen LogP contribution is 2.33. The van der Waals surface area contributed by atoms with Gasteiger partial charge in [-0.2, -0.15) is 0 Å². The van der Waals surface area contributed by atoms with Crippen molar-refractivity contribution >= 4 is 11.8 Å². The minimum Gasteiger partial charge on any atom is -0.496 e. The first kappa shape index (κ1) is 22.8. The molecule has 0 fully saturated rings. The lowest BCUT2D eigenvalue weighted by molar-refractivity contribution is 0.0596. The van der Waals surface area contributed by atoms with Gasteiger partial charge in [-0.3, -0.25) is 14.5 Å². The van der Waals surface area contributed by atoms with Gasteiger partial charge in [0.25, 0.3) is 11.8 Å². The first-order valence-electron chi connectivity index (χ1n) is 10.8. The summed E-state index contributed by atoms with van der Waals surface area (Å²) in [6, 6.07) is 10.6. The third kappa shape index (κ3) is 4.90. The predicted molar refractivity (Wildman–Crippen MR) is 119 cm³/mol. The predicted octanol–water partition coefficient (Wildman–Crippen LogP) is 4.03. The van der Waals surface area contributed by atoms with Gasteiger partial charge in [0.05, 0.1) is 25.3 Å². The van der Waals surface area contributed by atoms with E-state index in [0.29, 0.717) is 17.5 Å². The maximum absolute atomic E-state index is 12.8. The zero-order valence-corrected chi connectivity index (χ0v) is 18.5. The van der Waals surface area contributed by atoms with E-state index in [9.17, 15) is 9.59 Å². The number of ether oxygens (including phenoxy) is 2. The molecule has 1 aliphatic rings. The Hall–Kier alpha value is -2.86. The van der Waals surface area contributed by atoms with Crippen LogP contribution in [0, 0.1) is 0 Å². The average Bonchev–Trinajstić information content (AvgIpc) is 3.04. The van der Waals surface area contributed by atoms with Crippen molar-refractivity contribution in [3.63, 3.8) is 0 Å². The van der Waals surface area contributed by atoms with E-state index in [1.807, 2.05) is 19.1 Å². The maximum Gasteiger partial charge on any atom is 0.261 e. The van der Waals surface area contributed by atoms with Crippen molar-refractivity contribution in [2.45, 2.75) is 51.5 Å². The van der Waals surface area contributed by atoms with Crippen LogP contribution in [0.3, 0.4) is 0 Å². The van der Waals surface area contributed by atoms with Gasteiger partial charge in [-0.25, -0.2) is 0 Å².